The second-order valence-electron chi connectivity index (χ2n) is 5.56. The number of hydrogen-bond donors (Lipinski definition) is 3. The Labute approximate surface area is 151 Å². The maximum Gasteiger partial charge on any atom is 0.187 e. The van der Waals surface area contributed by atoms with E-state index in [1.54, 1.807) is 18.3 Å². The number of phenols is 1. The number of halogens is 2. The Kier molecular flexibility index (Phi) is 4.84. The zero-order valence-electron chi connectivity index (χ0n) is 11.6. The summed E-state index contributed by atoms with van der Waals surface area (Å²) in [6.07, 6.45) is 8.47. The number of hydrogen-bond acceptors (Lipinski definition) is 3. The molecular weight excluding hydrogens is 430 g/mol. The molecule has 2 bridgehead atoms. The average molecular weight is 445 g/mol. The van der Waals surface area contributed by atoms with Crippen LogP contribution >= 0.6 is 44.1 Å². The summed E-state index contributed by atoms with van der Waals surface area (Å²) in [5.74, 6) is 1.43. The number of nitrogens with zero attached hydrogens (tertiary/aromatic N) is 1. The Balaban J connectivity index is 1.56. The van der Waals surface area contributed by atoms with E-state index in [0.717, 1.165) is 10.9 Å². The quantitative estimate of drug-likeness (QED) is 0.288. The number of hydrazone groups is 1. The van der Waals surface area contributed by atoms with Gasteiger partial charge in [-0.25, -0.2) is 0 Å². The zero-order chi connectivity index (χ0) is 15.7. The van der Waals surface area contributed by atoms with Crippen molar-refractivity contribution in [2.24, 2.45) is 16.9 Å². The van der Waals surface area contributed by atoms with Gasteiger partial charge >= 0.3 is 0 Å². The van der Waals surface area contributed by atoms with Crippen molar-refractivity contribution in [2.75, 3.05) is 0 Å². The molecule has 0 amide bonds. The van der Waals surface area contributed by atoms with Gasteiger partial charge < -0.3 is 10.4 Å². The fourth-order valence-corrected chi connectivity index (χ4v) is 4.45. The van der Waals surface area contributed by atoms with Crippen LogP contribution in [-0.4, -0.2) is 22.5 Å². The minimum absolute atomic E-state index is 0.144. The summed E-state index contributed by atoms with van der Waals surface area (Å²) in [7, 11) is 0. The Morgan fingerprint density at radius 3 is 2.82 bits per heavy atom. The van der Waals surface area contributed by atoms with Crippen molar-refractivity contribution >= 4 is 55.4 Å². The standard InChI is InChI=1S/C15H15Br2N3OS/c16-11-5-10(14(21)12(17)6-11)7-18-20-15(22)19-13-4-8-1-2-9(13)3-8/h1-2,5-9,13,21H,3-4H2,(H2,19,20,22)/b18-7-/t8-,9+,13-/m0/s1. The van der Waals surface area contributed by atoms with Crippen molar-refractivity contribution < 1.29 is 5.11 Å². The normalized spacial score (nSPS) is 25.8. The van der Waals surface area contributed by atoms with Crippen LogP contribution in [0.4, 0.5) is 0 Å². The first-order valence-electron chi connectivity index (χ1n) is 6.99. The molecule has 7 heteroatoms. The molecule has 0 spiro atoms. The van der Waals surface area contributed by atoms with Gasteiger partial charge in [-0.2, -0.15) is 5.10 Å². The SMILES string of the molecule is Oc1c(Br)cc(Br)cc1/C=N\NC(=S)N[C@H]1C[C@H]2C=C[C@@H]1C2. The summed E-state index contributed by atoms with van der Waals surface area (Å²) in [6.45, 7) is 0. The molecule has 116 valence electrons. The van der Waals surface area contributed by atoms with Crippen LogP contribution in [0.2, 0.25) is 0 Å². The maximum atomic E-state index is 9.95. The van der Waals surface area contributed by atoms with E-state index < -0.39 is 0 Å². The lowest BCUT2D eigenvalue weighted by atomic mass is 10.0. The highest BCUT2D eigenvalue weighted by molar-refractivity contribution is 9.11. The Morgan fingerprint density at radius 1 is 1.32 bits per heavy atom. The lowest BCUT2D eigenvalue weighted by molar-refractivity contribution is 0.471. The molecule has 1 aromatic rings. The van der Waals surface area contributed by atoms with Crippen molar-refractivity contribution in [1.82, 2.24) is 10.7 Å². The van der Waals surface area contributed by atoms with Gasteiger partial charge in [0.05, 0.1) is 10.7 Å². The predicted molar refractivity (Wildman–Crippen MR) is 99.1 cm³/mol. The van der Waals surface area contributed by atoms with Crippen molar-refractivity contribution in [3.05, 3.63) is 38.8 Å². The molecule has 1 aromatic carbocycles. The third kappa shape index (κ3) is 3.52. The van der Waals surface area contributed by atoms with Gasteiger partial charge in [0.1, 0.15) is 5.75 Å². The minimum Gasteiger partial charge on any atom is -0.506 e. The smallest absolute Gasteiger partial charge is 0.187 e. The Hall–Kier alpha value is -0.920. The highest BCUT2D eigenvalue weighted by atomic mass is 79.9. The lowest BCUT2D eigenvalue weighted by Gasteiger charge is -2.20. The zero-order valence-corrected chi connectivity index (χ0v) is 15.6. The monoisotopic (exact) mass is 443 g/mol. The minimum atomic E-state index is 0.144. The lowest BCUT2D eigenvalue weighted by Crippen LogP contribution is -2.42. The number of benzene rings is 1. The summed E-state index contributed by atoms with van der Waals surface area (Å²) in [4.78, 5) is 0. The first-order chi connectivity index (χ1) is 10.5. The van der Waals surface area contributed by atoms with Gasteiger partial charge in [-0.3, -0.25) is 5.43 Å². The van der Waals surface area contributed by atoms with Gasteiger partial charge in [0.25, 0.3) is 0 Å². The molecule has 0 unspecified atom stereocenters. The van der Waals surface area contributed by atoms with E-state index in [1.807, 2.05) is 0 Å². The van der Waals surface area contributed by atoms with Crippen LogP contribution in [0.1, 0.15) is 18.4 Å². The Bertz CT molecular complexity index is 662. The number of fused-ring (bicyclic) bond motifs is 2. The van der Waals surface area contributed by atoms with Crippen molar-refractivity contribution in [3.8, 4) is 5.75 Å². The molecule has 22 heavy (non-hydrogen) atoms. The average Bonchev–Trinajstić information content (AvgIpc) is 3.06. The fourth-order valence-electron chi connectivity index (χ4n) is 2.99. The highest BCUT2D eigenvalue weighted by Crippen LogP contribution is 2.38. The van der Waals surface area contributed by atoms with E-state index in [2.05, 4.69) is 59.9 Å². The number of allylic oxidation sites excluding steroid dienone is 1. The van der Waals surface area contributed by atoms with Crippen molar-refractivity contribution in [2.45, 2.75) is 18.9 Å². The molecule has 0 aromatic heterocycles. The van der Waals surface area contributed by atoms with Crippen LogP contribution < -0.4 is 10.7 Å². The molecule has 0 heterocycles. The first kappa shape index (κ1) is 16.0. The van der Waals surface area contributed by atoms with Gasteiger partial charge in [0.2, 0.25) is 0 Å². The van der Waals surface area contributed by atoms with Gasteiger partial charge in [0.15, 0.2) is 5.11 Å². The summed E-state index contributed by atoms with van der Waals surface area (Å²) in [6, 6.07) is 3.95. The molecule has 0 saturated heterocycles. The highest BCUT2D eigenvalue weighted by Gasteiger charge is 2.35. The molecule has 1 saturated carbocycles. The van der Waals surface area contributed by atoms with E-state index in [1.165, 1.54) is 6.42 Å². The van der Waals surface area contributed by atoms with Gasteiger partial charge in [-0.15, -0.1) is 0 Å². The van der Waals surface area contributed by atoms with E-state index in [0.29, 0.717) is 33.0 Å². The maximum absolute atomic E-state index is 9.95. The number of aromatic hydroxyl groups is 1. The second kappa shape index (κ2) is 6.68. The van der Waals surface area contributed by atoms with E-state index in [-0.39, 0.29) is 5.75 Å². The molecule has 0 radical (unpaired) electrons. The number of rotatable bonds is 3. The molecule has 3 atom stereocenters. The van der Waals surface area contributed by atoms with E-state index in [4.69, 9.17) is 12.2 Å². The first-order valence-corrected chi connectivity index (χ1v) is 8.98. The van der Waals surface area contributed by atoms with E-state index in [9.17, 15) is 5.11 Å². The molecule has 4 nitrogen and oxygen atoms in total. The van der Waals surface area contributed by atoms with Gasteiger partial charge in [-0.1, -0.05) is 28.1 Å². The van der Waals surface area contributed by atoms with Crippen LogP contribution in [0.5, 0.6) is 5.75 Å². The summed E-state index contributed by atoms with van der Waals surface area (Å²) in [5, 5.41) is 17.9. The molecule has 1 fully saturated rings. The second-order valence-corrected chi connectivity index (χ2v) is 7.73. The number of thiocarbonyl (C=S) groups is 1. The van der Waals surface area contributed by atoms with Gasteiger partial charge in [0, 0.05) is 16.1 Å². The summed E-state index contributed by atoms with van der Waals surface area (Å²) >= 11 is 11.9. The van der Waals surface area contributed by atoms with Crippen LogP contribution in [0.25, 0.3) is 0 Å². The summed E-state index contributed by atoms with van der Waals surface area (Å²) in [5.41, 5.74) is 3.40. The number of nitrogens with one attached hydrogen (secondary N) is 2. The number of phenolic OH excluding ortho intramolecular Hbond substituents is 1. The van der Waals surface area contributed by atoms with E-state index >= 15 is 0 Å². The molecule has 2 aliphatic carbocycles. The van der Waals surface area contributed by atoms with Crippen LogP contribution in [0.15, 0.2) is 38.3 Å². The fraction of sp³-hybridized carbons (Fsp3) is 0.333. The van der Waals surface area contributed by atoms with Crippen LogP contribution in [0.3, 0.4) is 0 Å². The van der Waals surface area contributed by atoms with Crippen molar-refractivity contribution in [1.29, 1.82) is 0 Å². The molecule has 2 aliphatic rings. The third-order valence-electron chi connectivity index (χ3n) is 4.02. The molecule has 0 aliphatic heterocycles. The predicted octanol–water partition coefficient (Wildman–Crippen LogP) is 3.68. The van der Waals surface area contributed by atoms with Crippen LogP contribution in [0, 0.1) is 11.8 Å². The largest absolute Gasteiger partial charge is 0.506 e. The topological polar surface area (TPSA) is 56.7 Å². The molecule has 3 rings (SSSR count). The van der Waals surface area contributed by atoms with Gasteiger partial charge in [-0.05, 0) is 65.0 Å². The van der Waals surface area contributed by atoms with Crippen molar-refractivity contribution in [3.63, 3.8) is 0 Å². The van der Waals surface area contributed by atoms with Crippen LogP contribution in [-0.2, 0) is 0 Å². The summed E-state index contributed by atoms with van der Waals surface area (Å²) < 4.78 is 1.46. The Morgan fingerprint density at radius 2 is 2.14 bits per heavy atom. The molecule has 3 N–H and O–H groups in total. The molecular formula is C15H15Br2N3OS. The third-order valence-corrected chi connectivity index (χ3v) is 5.29.